The number of nitrogens with two attached hydrogens (primary N) is 1. The Balaban J connectivity index is 1.62. The number of amides is 2. The predicted octanol–water partition coefficient (Wildman–Crippen LogP) is 1.86. The van der Waals surface area contributed by atoms with Crippen molar-refractivity contribution in [1.82, 2.24) is 4.98 Å². The molecule has 0 bridgehead atoms. The summed E-state index contributed by atoms with van der Waals surface area (Å²) in [6, 6.07) is 1.47. The van der Waals surface area contributed by atoms with E-state index in [-0.39, 0.29) is 9.22 Å². The number of aryl methyl sites for hydroxylation is 2. The molecule has 2 aliphatic rings. The summed E-state index contributed by atoms with van der Waals surface area (Å²) in [6.07, 6.45) is 6.10. The fourth-order valence-electron chi connectivity index (χ4n) is 3.60. The second-order valence-corrected chi connectivity index (χ2v) is 10.4. The SMILES string of the molecule is C[C@](O)(CO)c1ncc(S(N)(=O)=NC(=O)Nc2c3c(cc4c2CC4)CCC3)s1. The highest BCUT2D eigenvalue weighted by molar-refractivity contribution is 7.93. The number of nitrogens with one attached hydrogen (secondary N) is 1. The highest BCUT2D eigenvalue weighted by Crippen LogP contribution is 2.39. The molecule has 2 atom stereocenters. The van der Waals surface area contributed by atoms with Gasteiger partial charge in [0, 0.05) is 5.69 Å². The van der Waals surface area contributed by atoms with Crippen molar-refractivity contribution in [2.75, 3.05) is 11.9 Å². The van der Waals surface area contributed by atoms with Gasteiger partial charge in [-0.1, -0.05) is 6.07 Å². The van der Waals surface area contributed by atoms with Gasteiger partial charge in [-0.2, -0.15) is 0 Å². The van der Waals surface area contributed by atoms with Crippen LogP contribution in [0.1, 0.15) is 40.6 Å². The zero-order valence-electron chi connectivity index (χ0n) is 15.4. The summed E-state index contributed by atoms with van der Waals surface area (Å²) < 4.78 is 16.6. The maximum atomic E-state index is 12.8. The first kappa shape index (κ1) is 19.5. The number of hydrogen-bond donors (Lipinski definition) is 4. The van der Waals surface area contributed by atoms with E-state index in [1.54, 1.807) is 0 Å². The second kappa shape index (κ2) is 6.89. The van der Waals surface area contributed by atoms with E-state index in [2.05, 4.69) is 20.7 Å². The first-order valence-electron chi connectivity index (χ1n) is 9.03. The van der Waals surface area contributed by atoms with Crippen molar-refractivity contribution in [3.8, 4) is 0 Å². The summed E-state index contributed by atoms with van der Waals surface area (Å²) in [7, 11) is -3.52. The number of fused-ring (bicyclic) bond motifs is 2. The molecule has 2 amide bonds. The van der Waals surface area contributed by atoms with E-state index in [1.807, 2.05) is 0 Å². The van der Waals surface area contributed by atoms with Gasteiger partial charge in [0.15, 0.2) is 9.92 Å². The summed E-state index contributed by atoms with van der Waals surface area (Å²) in [5.41, 5.74) is 4.02. The average Bonchev–Trinajstić information content (AvgIpc) is 3.26. The van der Waals surface area contributed by atoms with Crippen LogP contribution in [0.4, 0.5) is 10.5 Å². The van der Waals surface area contributed by atoms with E-state index >= 15 is 0 Å². The van der Waals surface area contributed by atoms with Crippen molar-refractivity contribution in [3.05, 3.63) is 39.5 Å². The van der Waals surface area contributed by atoms with Gasteiger partial charge in [-0.25, -0.2) is 19.1 Å². The number of nitrogens with zero attached hydrogens (tertiary/aromatic N) is 2. The molecule has 8 nitrogen and oxygen atoms in total. The van der Waals surface area contributed by atoms with Crippen LogP contribution in [-0.4, -0.2) is 32.0 Å². The molecule has 0 saturated carbocycles. The second-order valence-electron chi connectivity index (χ2n) is 7.39. The van der Waals surface area contributed by atoms with Crippen LogP contribution in [-0.2, 0) is 41.2 Å². The molecular weight excluding hydrogens is 400 g/mol. The van der Waals surface area contributed by atoms with Crippen LogP contribution in [0.3, 0.4) is 0 Å². The van der Waals surface area contributed by atoms with Crippen molar-refractivity contribution < 1.29 is 19.2 Å². The highest BCUT2D eigenvalue weighted by Gasteiger charge is 2.29. The van der Waals surface area contributed by atoms with Crippen molar-refractivity contribution in [2.24, 2.45) is 9.50 Å². The molecule has 0 radical (unpaired) electrons. The number of benzene rings is 1. The zero-order chi connectivity index (χ0) is 20.1. The quantitative estimate of drug-likeness (QED) is 0.596. The monoisotopic (exact) mass is 422 g/mol. The molecular formula is C18H22N4O4S2. The summed E-state index contributed by atoms with van der Waals surface area (Å²) in [4.78, 5) is 16.5. The van der Waals surface area contributed by atoms with Gasteiger partial charge in [-0.05, 0) is 61.3 Å². The Labute approximate surface area is 167 Å². The number of carbonyl (C=O) groups excluding carboxylic acids is 1. The van der Waals surface area contributed by atoms with Crippen molar-refractivity contribution >= 4 is 33.0 Å². The Kier molecular flexibility index (Phi) is 4.79. The minimum atomic E-state index is -3.52. The maximum Gasteiger partial charge on any atom is 0.354 e. The molecule has 5 N–H and O–H groups in total. The molecule has 10 heteroatoms. The van der Waals surface area contributed by atoms with E-state index in [1.165, 1.54) is 24.2 Å². The molecule has 0 fully saturated rings. The van der Waals surface area contributed by atoms with Crippen LogP contribution in [0.15, 0.2) is 20.8 Å². The fourth-order valence-corrected chi connectivity index (χ4v) is 5.70. The average molecular weight is 423 g/mol. The van der Waals surface area contributed by atoms with Crippen LogP contribution in [0, 0.1) is 0 Å². The normalized spacial score (nSPS) is 19.0. The number of thiazole rings is 1. The van der Waals surface area contributed by atoms with E-state index in [0.717, 1.165) is 60.3 Å². The lowest BCUT2D eigenvalue weighted by Gasteiger charge is -2.25. The van der Waals surface area contributed by atoms with Crippen LogP contribution in [0.2, 0.25) is 0 Å². The van der Waals surface area contributed by atoms with E-state index < -0.39 is 28.2 Å². The number of anilines is 1. The number of aliphatic hydroxyl groups excluding tert-OH is 1. The summed E-state index contributed by atoms with van der Waals surface area (Å²) in [5.74, 6) is 0. The van der Waals surface area contributed by atoms with E-state index in [0.29, 0.717) is 0 Å². The molecule has 2 aliphatic carbocycles. The first-order chi connectivity index (χ1) is 13.2. The molecule has 2 aromatic rings. The summed E-state index contributed by atoms with van der Waals surface area (Å²) in [6.45, 7) is 0.832. The Morgan fingerprint density at radius 3 is 2.75 bits per heavy atom. The number of rotatable bonds is 4. The molecule has 28 heavy (non-hydrogen) atoms. The van der Waals surface area contributed by atoms with Crippen LogP contribution in [0.25, 0.3) is 0 Å². The molecule has 1 aromatic heterocycles. The number of aliphatic hydroxyl groups is 2. The molecule has 1 aromatic carbocycles. The van der Waals surface area contributed by atoms with E-state index in [4.69, 9.17) is 5.14 Å². The van der Waals surface area contributed by atoms with Crippen LogP contribution in [0.5, 0.6) is 0 Å². The zero-order valence-corrected chi connectivity index (χ0v) is 17.0. The smallest absolute Gasteiger partial charge is 0.354 e. The third-order valence-electron chi connectivity index (χ3n) is 5.24. The van der Waals surface area contributed by atoms with Crippen LogP contribution >= 0.6 is 11.3 Å². The molecule has 1 unspecified atom stereocenters. The van der Waals surface area contributed by atoms with Crippen molar-refractivity contribution in [3.63, 3.8) is 0 Å². The minimum Gasteiger partial charge on any atom is -0.393 e. The molecule has 0 saturated heterocycles. The lowest BCUT2D eigenvalue weighted by molar-refractivity contribution is -0.00244. The summed E-state index contributed by atoms with van der Waals surface area (Å²) in [5, 5.41) is 28.1. The van der Waals surface area contributed by atoms with Crippen molar-refractivity contribution in [2.45, 2.75) is 48.8 Å². The lowest BCUT2D eigenvalue weighted by Crippen LogP contribution is -2.25. The summed E-state index contributed by atoms with van der Waals surface area (Å²) >= 11 is 0.861. The minimum absolute atomic E-state index is 0.0673. The van der Waals surface area contributed by atoms with E-state index in [9.17, 15) is 19.2 Å². The number of urea groups is 1. The number of aromatic nitrogens is 1. The van der Waals surface area contributed by atoms with Gasteiger partial charge in [-0.15, -0.1) is 15.7 Å². The first-order valence-corrected chi connectivity index (χ1v) is 11.4. The Hall–Kier alpha value is -1.85. The Bertz CT molecular complexity index is 1080. The van der Waals surface area contributed by atoms with Gasteiger partial charge in [0.25, 0.3) is 0 Å². The molecule has 0 aliphatic heterocycles. The molecule has 4 rings (SSSR count). The number of hydrogen-bond acceptors (Lipinski definition) is 6. The molecule has 1 heterocycles. The van der Waals surface area contributed by atoms with Gasteiger partial charge in [-0.3, -0.25) is 0 Å². The standard InChI is InChI=1S/C18H22N4O4S2/c1-18(25,9-23)16-20-8-14(27-16)28(19,26)22-17(24)21-15-12-4-2-3-10(12)7-11-5-6-13(11)15/h7-8,23,25H,2-6,9H2,1H3,(H3,19,21,22,24,26)/t18-,28?/m0/s1. The largest absolute Gasteiger partial charge is 0.393 e. The fraction of sp³-hybridized carbons (Fsp3) is 0.444. The highest BCUT2D eigenvalue weighted by atomic mass is 32.2. The van der Waals surface area contributed by atoms with Gasteiger partial charge >= 0.3 is 6.03 Å². The third kappa shape index (κ3) is 3.35. The van der Waals surface area contributed by atoms with Crippen molar-refractivity contribution in [1.29, 1.82) is 0 Å². The Morgan fingerprint density at radius 2 is 2.07 bits per heavy atom. The molecule has 150 valence electrons. The lowest BCUT2D eigenvalue weighted by atomic mass is 9.83. The van der Waals surface area contributed by atoms with Gasteiger partial charge < -0.3 is 15.5 Å². The van der Waals surface area contributed by atoms with Gasteiger partial charge in [0.2, 0.25) is 0 Å². The third-order valence-corrected chi connectivity index (χ3v) is 8.37. The van der Waals surface area contributed by atoms with Crippen LogP contribution < -0.4 is 10.5 Å². The maximum absolute atomic E-state index is 12.8. The Morgan fingerprint density at radius 1 is 1.36 bits per heavy atom. The van der Waals surface area contributed by atoms with Gasteiger partial charge in [0.1, 0.15) is 14.8 Å². The molecule has 0 spiro atoms. The predicted molar refractivity (Wildman–Crippen MR) is 107 cm³/mol. The number of carbonyl (C=O) groups is 1. The van der Waals surface area contributed by atoms with Gasteiger partial charge in [0.05, 0.1) is 12.8 Å². The topological polar surface area (TPSA) is 138 Å².